The molecule has 0 spiro atoms. The van der Waals surface area contributed by atoms with Gasteiger partial charge in [0.2, 0.25) is 0 Å². The zero-order valence-corrected chi connectivity index (χ0v) is 13.5. The van der Waals surface area contributed by atoms with Gasteiger partial charge in [-0.25, -0.2) is 9.59 Å². The number of carbonyl (C=O) groups excluding carboxylic acids is 2. The van der Waals surface area contributed by atoms with Gasteiger partial charge in [0, 0.05) is 13.8 Å². The fourth-order valence-electron chi connectivity index (χ4n) is 2.34. The summed E-state index contributed by atoms with van der Waals surface area (Å²) in [5.41, 5.74) is 2.49. The predicted molar refractivity (Wildman–Crippen MR) is 81.3 cm³/mol. The van der Waals surface area contributed by atoms with Crippen molar-refractivity contribution in [2.24, 2.45) is 0 Å². The number of esters is 2. The van der Waals surface area contributed by atoms with Gasteiger partial charge in [-0.1, -0.05) is 0 Å². The minimum Gasteiger partial charge on any atom is -0.494 e. The van der Waals surface area contributed by atoms with Crippen LogP contribution in [-0.4, -0.2) is 24.3 Å². The van der Waals surface area contributed by atoms with E-state index in [0.29, 0.717) is 6.61 Å². The lowest BCUT2D eigenvalue weighted by molar-refractivity contribution is -0.222. The summed E-state index contributed by atoms with van der Waals surface area (Å²) in [4.78, 5) is 24.0. The molecule has 1 aliphatic heterocycles. The number of hydrogen-bond donors (Lipinski definition) is 0. The molecule has 0 aliphatic carbocycles. The first kappa shape index (κ1) is 16.1. The van der Waals surface area contributed by atoms with Gasteiger partial charge in [-0.3, -0.25) is 0 Å². The first-order chi connectivity index (χ1) is 10.2. The van der Waals surface area contributed by atoms with Crippen molar-refractivity contribution in [3.8, 4) is 5.75 Å². The van der Waals surface area contributed by atoms with Crippen molar-refractivity contribution >= 4 is 18.0 Å². The number of cyclic esters (lactones) is 2. The molecule has 0 amide bonds. The monoisotopic (exact) mass is 304 g/mol. The Bertz CT molecular complexity index is 610. The smallest absolute Gasteiger partial charge is 0.348 e. The van der Waals surface area contributed by atoms with Crippen LogP contribution in [0.2, 0.25) is 0 Å². The number of carbonyl (C=O) groups is 2. The summed E-state index contributed by atoms with van der Waals surface area (Å²) >= 11 is 0. The van der Waals surface area contributed by atoms with E-state index in [1.54, 1.807) is 0 Å². The number of hydrogen-bond acceptors (Lipinski definition) is 5. The molecule has 0 atom stereocenters. The van der Waals surface area contributed by atoms with Gasteiger partial charge in [0.15, 0.2) is 0 Å². The van der Waals surface area contributed by atoms with Gasteiger partial charge in [-0.2, -0.15) is 0 Å². The average molecular weight is 304 g/mol. The molecule has 2 rings (SSSR count). The Labute approximate surface area is 129 Å². The van der Waals surface area contributed by atoms with Crippen LogP contribution in [0.4, 0.5) is 0 Å². The first-order valence-corrected chi connectivity index (χ1v) is 7.16. The van der Waals surface area contributed by atoms with Crippen LogP contribution in [0, 0.1) is 13.8 Å². The van der Waals surface area contributed by atoms with E-state index >= 15 is 0 Å². The lowest BCUT2D eigenvalue weighted by atomic mass is 9.99. The normalized spacial score (nSPS) is 16.9. The van der Waals surface area contributed by atoms with Crippen LogP contribution in [0.3, 0.4) is 0 Å². The van der Waals surface area contributed by atoms with Crippen molar-refractivity contribution in [3.63, 3.8) is 0 Å². The summed E-state index contributed by atoms with van der Waals surface area (Å²) in [5.74, 6) is -1.81. The molecule has 1 fully saturated rings. The molecule has 5 nitrogen and oxygen atoms in total. The Morgan fingerprint density at radius 2 is 1.59 bits per heavy atom. The highest BCUT2D eigenvalue weighted by Gasteiger charge is 2.38. The molecular weight excluding hydrogens is 284 g/mol. The van der Waals surface area contributed by atoms with E-state index in [1.165, 1.54) is 19.9 Å². The second-order valence-electron chi connectivity index (χ2n) is 5.64. The summed E-state index contributed by atoms with van der Waals surface area (Å²) in [5, 5.41) is 0. The quantitative estimate of drug-likeness (QED) is 0.488. The van der Waals surface area contributed by atoms with Crippen LogP contribution in [0.15, 0.2) is 17.7 Å². The molecule has 1 aromatic rings. The fourth-order valence-corrected chi connectivity index (χ4v) is 2.34. The maximum absolute atomic E-state index is 12.0. The van der Waals surface area contributed by atoms with Crippen molar-refractivity contribution in [1.82, 2.24) is 0 Å². The van der Waals surface area contributed by atoms with Gasteiger partial charge < -0.3 is 14.2 Å². The molecule has 0 N–H and O–H groups in total. The highest BCUT2D eigenvalue weighted by Crippen LogP contribution is 2.28. The van der Waals surface area contributed by atoms with E-state index in [4.69, 9.17) is 14.2 Å². The van der Waals surface area contributed by atoms with Gasteiger partial charge in [-0.05, 0) is 55.7 Å². The van der Waals surface area contributed by atoms with Crippen LogP contribution in [0.1, 0.15) is 37.5 Å². The third kappa shape index (κ3) is 3.30. The van der Waals surface area contributed by atoms with Crippen LogP contribution in [0.25, 0.3) is 6.08 Å². The number of rotatable bonds is 3. The largest absolute Gasteiger partial charge is 0.494 e. The fraction of sp³-hybridized carbons (Fsp3) is 0.412. The first-order valence-electron chi connectivity index (χ1n) is 7.16. The maximum Gasteiger partial charge on any atom is 0.348 e. The summed E-state index contributed by atoms with van der Waals surface area (Å²) in [6.07, 6.45) is 1.51. The second-order valence-corrected chi connectivity index (χ2v) is 5.64. The minimum absolute atomic E-state index is 0.102. The molecule has 22 heavy (non-hydrogen) atoms. The summed E-state index contributed by atoms with van der Waals surface area (Å²) < 4.78 is 15.7. The molecule has 1 aliphatic rings. The molecule has 1 saturated heterocycles. The number of aryl methyl sites for hydroxylation is 2. The highest BCUT2D eigenvalue weighted by molar-refractivity contribution is 6.19. The Morgan fingerprint density at radius 1 is 1.09 bits per heavy atom. The molecule has 0 bridgehead atoms. The Hall–Kier alpha value is -2.30. The Morgan fingerprint density at radius 3 is 2.05 bits per heavy atom. The topological polar surface area (TPSA) is 61.8 Å². The standard InChI is InChI=1S/C17H20O5/c1-6-20-12-7-10(2)13(11(3)8-12)9-14-15(18)21-17(4,5)22-16(14)19/h7-9H,6H2,1-5H3. The van der Waals surface area contributed by atoms with E-state index in [1.807, 2.05) is 32.9 Å². The molecule has 0 unspecified atom stereocenters. The highest BCUT2D eigenvalue weighted by atomic mass is 16.7. The van der Waals surface area contributed by atoms with Crippen LogP contribution >= 0.6 is 0 Å². The van der Waals surface area contributed by atoms with E-state index in [0.717, 1.165) is 22.4 Å². The zero-order valence-electron chi connectivity index (χ0n) is 13.5. The molecule has 0 aromatic heterocycles. The molecule has 1 heterocycles. The minimum atomic E-state index is -1.23. The van der Waals surface area contributed by atoms with Crippen LogP contribution in [-0.2, 0) is 19.1 Å². The lowest BCUT2D eigenvalue weighted by Gasteiger charge is -2.29. The van der Waals surface area contributed by atoms with Crippen molar-refractivity contribution in [2.45, 2.75) is 40.4 Å². The van der Waals surface area contributed by atoms with Crippen molar-refractivity contribution in [1.29, 1.82) is 0 Å². The van der Waals surface area contributed by atoms with Crippen molar-refractivity contribution in [2.75, 3.05) is 6.61 Å². The molecule has 5 heteroatoms. The van der Waals surface area contributed by atoms with Crippen LogP contribution < -0.4 is 4.74 Å². The molecule has 118 valence electrons. The number of benzene rings is 1. The van der Waals surface area contributed by atoms with E-state index in [-0.39, 0.29) is 5.57 Å². The second kappa shape index (κ2) is 5.83. The van der Waals surface area contributed by atoms with E-state index in [2.05, 4.69) is 0 Å². The SMILES string of the molecule is CCOc1cc(C)c(C=C2C(=O)OC(C)(C)OC2=O)c(C)c1. The third-order valence-corrected chi connectivity index (χ3v) is 3.28. The predicted octanol–water partition coefficient (Wildman–Crippen LogP) is 2.92. The van der Waals surface area contributed by atoms with Crippen molar-refractivity contribution < 1.29 is 23.8 Å². The van der Waals surface area contributed by atoms with Gasteiger partial charge in [0.25, 0.3) is 5.79 Å². The van der Waals surface area contributed by atoms with E-state index < -0.39 is 17.7 Å². The lowest BCUT2D eigenvalue weighted by Crippen LogP contribution is -2.41. The maximum atomic E-state index is 12.0. The zero-order chi connectivity index (χ0) is 16.5. The van der Waals surface area contributed by atoms with Gasteiger partial charge in [0.05, 0.1) is 6.61 Å². The van der Waals surface area contributed by atoms with Crippen LogP contribution in [0.5, 0.6) is 5.75 Å². The van der Waals surface area contributed by atoms with E-state index in [9.17, 15) is 9.59 Å². The molecule has 1 aromatic carbocycles. The summed E-state index contributed by atoms with van der Waals surface area (Å²) in [7, 11) is 0. The third-order valence-electron chi connectivity index (χ3n) is 3.28. The van der Waals surface area contributed by atoms with Gasteiger partial charge in [0.1, 0.15) is 11.3 Å². The summed E-state index contributed by atoms with van der Waals surface area (Å²) in [6.45, 7) is 9.32. The molecular formula is C17H20O5. The number of ether oxygens (including phenoxy) is 3. The van der Waals surface area contributed by atoms with Crippen molar-refractivity contribution in [3.05, 3.63) is 34.4 Å². The molecule has 0 saturated carbocycles. The average Bonchev–Trinajstić information content (AvgIpc) is 2.35. The Kier molecular flexibility index (Phi) is 4.26. The molecule has 0 radical (unpaired) electrons. The van der Waals surface area contributed by atoms with Gasteiger partial charge in [-0.15, -0.1) is 0 Å². The Balaban J connectivity index is 2.41. The van der Waals surface area contributed by atoms with Gasteiger partial charge >= 0.3 is 11.9 Å². The summed E-state index contributed by atoms with van der Waals surface area (Å²) in [6, 6.07) is 3.73.